The number of rotatable bonds is 6. The van der Waals surface area contributed by atoms with Crippen LogP contribution in [0.25, 0.3) is 0 Å². The monoisotopic (exact) mass is 326 g/mol. The summed E-state index contributed by atoms with van der Waals surface area (Å²) in [6.45, 7) is 3.90. The number of aliphatic carboxylic acids is 1. The van der Waals surface area contributed by atoms with E-state index in [9.17, 15) is 14.7 Å². The van der Waals surface area contributed by atoms with Crippen LogP contribution in [0.15, 0.2) is 0 Å². The second-order valence-corrected chi connectivity index (χ2v) is 7.50. The van der Waals surface area contributed by atoms with Crippen molar-refractivity contribution >= 4 is 12.0 Å². The van der Waals surface area contributed by atoms with Crippen molar-refractivity contribution < 1.29 is 19.4 Å². The zero-order valence-electron chi connectivity index (χ0n) is 14.4. The number of carbonyl (C=O) groups is 2. The van der Waals surface area contributed by atoms with Gasteiger partial charge in [0.25, 0.3) is 0 Å². The van der Waals surface area contributed by atoms with Gasteiger partial charge in [-0.15, -0.1) is 0 Å². The Morgan fingerprint density at radius 3 is 2.48 bits per heavy atom. The quantitative estimate of drug-likeness (QED) is 0.786. The second kappa shape index (κ2) is 7.51. The lowest BCUT2D eigenvalue weighted by Gasteiger charge is -2.38. The van der Waals surface area contributed by atoms with Crippen molar-refractivity contribution in [2.45, 2.75) is 51.9 Å². The van der Waals surface area contributed by atoms with Crippen molar-refractivity contribution in [2.75, 3.05) is 33.4 Å². The van der Waals surface area contributed by atoms with Crippen LogP contribution in [0.4, 0.5) is 4.79 Å². The van der Waals surface area contributed by atoms with Gasteiger partial charge in [0.15, 0.2) is 0 Å². The van der Waals surface area contributed by atoms with Gasteiger partial charge >= 0.3 is 12.0 Å². The van der Waals surface area contributed by atoms with Crippen LogP contribution in [-0.4, -0.2) is 55.4 Å². The van der Waals surface area contributed by atoms with Crippen LogP contribution in [0.2, 0.25) is 0 Å². The summed E-state index contributed by atoms with van der Waals surface area (Å²) in [5.41, 5.74) is -0.671. The molecule has 2 fully saturated rings. The minimum Gasteiger partial charge on any atom is -0.481 e. The molecular weight excluding hydrogens is 296 g/mol. The Bertz CT molecular complexity index is 434. The number of nitrogens with zero attached hydrogens (tertiary/aromatic N) is 1. The van der Waals surface area contributed by atoms with Crippen molar-refractivity contribution in [2.24, 2.45) is 10.8 Å². The SMILES string of the molecule is COCCC1(CNC(=O)N2CCC(C)(C(=O)O)C2)CCCCC1. The molecule has 2 aliphatic rings. The maximum absolute atomic E-state index is 12.4. The third-order valence-corrected chi connectivity index (χ3v) is 5.64. The lowest BCUT2D eigenvalue weighted by atomic mass is 9.72. The molecule has 132 valence electrons. The number of hydrogen-bond donors (Lipinski definition) is 2. The van der Waals surface area contributed by atoms with E-state index >= 15 is 0 Å². The molecule has 0 aromatic carbocycles. The van der Waals surface area contributed by atoms with E-state index in [4.69, 9.17) is 4.74 Å². The molecule has 23 heavy (non-hydrogen) atoms. The van der Waals surface area contributed by atoms with Crippen LogP contribution in [0, 0.1) is 10.8 Å². The summed E-state index contributed by atoms with van der Waals surface area (Å²) in [6.07, 6.45) is 7.43. The van der Waals surface area contributed by atoms with Crippen LogP contribution in [0.3, 0.4) is 0 Å². The van der Waals surface area contributed by atoms with E-state index in [1.807, 2.05) is 0 Å². The van der Waals surface area contributed by atoms with E-state index in [1.54, 1.807) is 18.9 Å². The zero-order valence-corrected chi connectivity index (χ0v) is 14.4. The van der Waals surface area contributed by atoms with Gasteiger partial charge in [0, 0.05) is 33.4 Å². The smallest absolute Gasteiger partial charge is 0.317 e. The highest BCUT2D eigenvalue weighted by atomic mass is 16.5. The summed E-state index contributed by atoms with van der Waals surface area (Å²) in [7, 11) is 1.71. The molecule has 0 aromatic heterocycles. The Balaban J connectivity index is 1.88. The molecular formula is C17H30N2O4. The van der Waals surface area contributed by atoms with E-state index in [-0.39, 0.29) is 11.4 Å². The first kappa shape index (κ1) is 18.0. The number of nitrogens with one attached hydrogen (secondary N) is 1. The topological polar surface area (TPSA) is 78.9 Å². The number of carboxylic acid groups (broad SMARTS) is 1. The van der Waals surface area contributed by atoms with Crippen LogP contribution < -0.4 is 5.32 Å². The third-order valence-electron chi connectivity index (χ3n) is 5.64. The highest BCUT2D eigenvalue weighted by Gasteiger charge is 2.42. The Morgan fingerprint density at radius 2 is 1.91 bits per heavy atom. The molecule has 1 aliphatic heterocycles. The van der Waals surface area contributed by atoms with Crippen LogP contribution >= 0.6 is 0 Å². The highest BCUT2D eigenvalue weighted by molar-refractivity contribution is 5.79. The number of methoxy groups -OCH3 is 1. The molecule has 6 nitrogen and oxygen atoms in total. The van der Waals surface area contributed by atoms with Crippen LogP contribution in [0.1, 0.15) is 51.9 Å². The number of likely N-dealkylation sites (tertiary alicyclic amines) is 1. The molecule has 0 spiro atoms. The molecule has 2 rings (SSSR count). The zero-order chi connectivity index (χ0) is 16.9. The van der Waals surface area contributed by atoms with Gasteiger partial charge in [-0.05, 0) is 38.0 Å². The molecule has 1 saturated heterocycles. The molecule has 2 amide bonds. The van der Waals surface area contributed by atoms with E-state index in [0.717, 1.165) is 25.9 Å². The summed E-state index contributed by atoms with van der Waals surface area (Å²) in [4.78, 5) is 25.3. The third kappa shape index (κ3) is 4.37. The van der Waals surface area contributed by atoms with Crippen molar-refractivity contribution in [3.8, 4) is 0 Å². The molecule has 1 aliphatic carbocycles. The highest BCUT2D eigenvalue weighted by Crippen LogP contribution is 2.39. The van der Waals surface area contributed by atoms with Crippen LogP contribution in [0.5, 0.6) is 0 Å². The number of urea groups is 1. The van der Waals surface area contributed by atoms with Crippen molar-refractivity contribution in [3.05, 3.63) is 0 Å². The van der Waals surface area contributed by atoms with Gasteiger partial charge in [-0.2, -0.15) is 0 Å². The normalized spacial score (nSPS) is 27.0. The fourth-order valence-electron chi connectivity index (χ4n) is 3.82. The van der Waals surface area contributed by atoms with Crippen molar-refractivity contribution in [1.82, 2.24) is 10.2 Å². The first-order chi connectivity index (χ1) is 10.9. The molecule has 6 heteroatoms. The Morgan fingerprint density at radius 1 is 1.22 bits per heavy atom. The van der Waals surface area contributed by atoms with Gasteiger partial charge in [0.1, 0.15) is 0 Å². The lowest BCUT2D eigenvalue weighted by Crippen LogP contribution is -2.46. The molecule has 0 radical (unpaired) electrons. The number of amides is 2. The van der Waals surface area contributed by atoms with Crippen molar-refractivity contribution in [1.29, 1.82) is 0 Å². The fraction of sp³-hybridized carbons (Fsp3) is 0.882. The Hall–Kier alpha value is -1.30. The number of carboxylic acids is 1. The standard InChI is InChI=1S/C17H30N2O4/c1-16(14(20)21)8-10-19(13-16)15(22)18-12-17(9-11-23-2)6-4-3-5-7-17/h3-13H2,1-2H3,(H,18,22)(H,20,21). The fourth-order valence-corrected chi connectivity index (χ4v) is 3.82. The van der Waals surface area contributed by atoms with E-state index in [0.29, 0.717) is 26.1 Å². The van der Waals surface area contributed by atoms with Crippen LogP contribution in [-0.2, 0) is 9.53 Å². The van der Waals surface area contributed by atoms with Gasteiger partial charge < -0.3 is 20.1 Å². The maximum Gasteiger partial charge on any atom is 0.317 e. The molecule has 1 unspecified atom stereocenters. The lowest BCUT2D eigenvalue weighted by molar-refractivity contribution is -0.147. The molecule has 0 bridgehead atoms. The number of ether oxygens (including phenoxy) is 1. The predicted molar refractivity (Wildman–Crippen MR) is 87.3 cm³/mol. The average Bonchev–Trinajstić information content (AvgIpc) is 2.96. The van der Waals surface area contributed by atoms with Gasteiger partial charge in [0.2, 0.25) is 0 Å². The van der Waals surface area contributed by atoms with Gasteiger partial charge in [-0.25, -0.2) is 4.79 Å². The van der Waals surface area contributed by atoms with Crippen molar-refractivity contribution in [3.63, 3.8) is 0 Å². The minimum absolute atomic E-state index is 0.127. The van der Waals surface area contributed by atoms with Gasteiger partial charge in [-0.3, -0.25) is 4.79 Å². The van der Waals surface area contributed by atoms with E-state index < -0.39 is 11.4 Å². The van der Waals surface area contributed by atoms with Gasteiger partial charge in [0.05, 0.1) is 5.41 Å². The predicted octanol–water partition coefficient (Wildman–Crippen LogP) is 2.48. The second-order valence-electron chi connectivity index (χ2n) is 7.50. The molecule has 0 aromatic rings. The Kier molecular flexibility index (Phi) is 5.89. The summed E-state index contributed by atoms with van der Waals surface area (Å²) in [6, 6.07) is -0.127. The van der Waals surface area contributed by atoms with E-state index in [2.05, 4.69) is 5.32 Å². The summed E-state index contributed by atoms with van der Waals surface area (Å²) in [5.74, 6) is -0.823. The number of carbonyl (C=O) groups excluding carboxylic acids is 1. The Labute approximate surface area is 138 Å². The summed E-state index contributed by atoms with van der Waals surface area (Å²) < 4.78 is 5.24. The van der Waals surface area contributed by atoms with Gasteiger partial charge in [-0.1, -0.05) is 19.3 Å². The first-order valence-electron chi connectivity index (χ1n) is 8.66. The first-order valence-corrected chi connectivity index (χ1v) is 8.66. The summed E-state index contributed by atoms with van der Waals surface area (Å²) >= 11 is 0. The molecule has 1 saturated carbocycles. The van der Waals surface area contributed by atoms with E-state index in [1.165, 1.54) is 19.3 Å². The summed E-state index contributed by atoms with van der Waals surface area (Å²) in [5, 5.41) is 12.3. The minimum atomic E-state index is -0.823. The molecule has 2 N–H and O–H groups in total. The molecule has 1 atom stereocenters. The largest absolute Gasteiger partial charge is 0.481 e. The number of hydrogen-bond acceptors (Lipinski definition) is 3. The average molecular weight is 326 g/mol. The maximum atomic E-state index is 12.4. The molecule has 1 heterocycles.